The summed E-state index contributed by atoms with van der Waals surface area (Å²) in [5, 5.41) is 0. The Morgan fingerprint density at radius 1 is 0.780 bits per heavy atom. The Labute approximate surface area is 239 Å². The summed E-state index contributed by atoms with van der Waals surface area (Å²) in [6.45, 7) is 2.05. The molecule has 0 radical (unpaired) electrons. The molecular weight excluding hydrogens is 542 g/mol. The predicted octanol–water partition coefficient (Wildman–Crippen LogP) is 10.3. The molecule has 2 aliphatic rings. The third-order valence-electron chi connectivity index (χ3n) is 8.70. The first-order chi connectivity index (χ1) is 19.5. The maximum Gasteiger partial charge on any atom is 0.573 e. The standard InChI is InChI=1S/C33H40F6O2/c1-2-3-4-5-23-10-17-28(18-11-23)32(35,36)40-29-19-15-27(16-20-29)26-13-8-24(9-14-26)6-7-25-12-21-31(30(34)22-25)41-33(37,38)39/h3-4,10-12,17-18,21-22,24,26-27,29H,2,5-9,13-16,19-20H2,1H3/b4-3-. The molecule has 0 spiro atoms. The fraction of sp³-hybridized carbons (Fsp3) is 0.576. The zero-order valence-electron chi connectivity index (χ0n) is 23.6. The summed E-state index contributed by atoms with van der Waals surface area (Å²) in [7, 11) is 0. The largest absolute Gasteiger partial charge is 0.573 e. The zero-order valence-corrected chi connectivity index (χ0v) is 23.6. The van der Waals surface area contributed by atoms with Crippen LogP contribution in [0.25, 0.3) is 0 Å². The van der Waals surface area contributed by atoms with Gasteiger partial charge in [-0.15, -0.1) is 13.2 Å². The van der Waals surface area contributed by atoms with Crippen molar-refractivity contribution < 1.29 is 35.8 Å². The first kappa shape index (κ1) is 31.5. The van der Waals surface area contributed by atoms with Crippen molar-refractivity contribution in [2.45, 2.75) is 103 Å². The lowest BCUT2D eigenvalue weighted by Crippen LogP contribution is -2.32. The minimum Gasteiger partial charge on any atom is -0.403 e. The normalized spacial score (nSPS) is 24.1. The lowest BCUT2D eigenvalue weighted by molar-refractivity contribution is -0.278. The van der Waals surface area contributed by atoms with E-state index in [1.54, 1.807) is 12.1 Å². The smallest absolute Gasteiger partial charge is 0.403 e. The molecule has 226 valence electrons. The van der Waals surface area contributed by atoms with E-state index in [1.165, 1.54) is 18.2 Å². The molecule has 2 saturated carbocycles. The highest BCUT2D eigenvalue weighted by Gasteiger charge is 2.39. The monoisotopic (exact) mass is 582 g/mol. The molecular formula is C33H40F6O2. The molecule has 0 bridgehead atoms. The molecule has 0 heterocycles. The van der Waals surface area contributed by atoms with Crippen LogP contribution in [-0.4, -0.2) is 12.5 Å². The average molecular weight is 583 g/mol. The van der Waals surface area contributed by atoms with Gasteiger partial charge in [0.05, 0.1) is 11.7 Å². The van der Waals surface area contributed by atoms with E-state index >= 15 is 0 Å². The Morgan fingerprint density at radius 3 is 1.98 bits per heavy atom. The van der Waals surface area contributed by atoms with Crippen LogP contribution in [0.2, 0.25) is 0 Å². The van der Waals surface area contributed by atoms with Crippen LogP contribution < -0.4 is 4.74 Å². The highest BCUT2D eigenvalue weighted by Crippen LogP contribution is 2.43. The molecule has 4 rings (SSSR count). The number of benzene rings is 2. The van der Waals surface area contributed by atoms with Crippen molar-refractivity contribution in [1.29, 1.82) is 0 Å². The average Bonchev–Trinajstić information content (AvgIpc) is 2.94. The van der Waals surface area contributed by atoms with Gasteiger partial charge in [-0.2, -0.15) is 8.78 Å². The molecule has 2 aromatic carbocycles. The highest BCUT2D eigenvalue weighted by molar-refractivity contribution is 5.29. The van der Waals surface area contributed by atoms with Crippen molar-refractivity contribution in [2.24, 2.45) is 17.8 Å². The molecule has 0 atom stereocenters. The molecule has 0 amide bonds. The van der Waals surface area contributed by atoms with Gasteiger partial charge in [0.2, 0.25) is 0 Å². The van der Waals surface area contributed by atoms with Crippen molar-refractivity contribution in [3.8, 4) is 5.75 Å². The highest BCUT2D eigenvalue weighted by atomic mass is 19.4. The fourth-order valence-electron chi connectivity index (χ4n) is 6.40. The van der Waals surface area contributed by atoms with Crippen molar-refractivity contribution in [1.82, 2.24) is 0 Å². The van der Waals surface area contributed by atoms with Crippen molar-refractivity contribution in [2.75, 3.05) is 0 Å². The fourth-order valence-corrected chi connectivity index (χ4v) is 6.40. The third kappa shape index (κ3) is 9.52. The topological polar surface area (TPSA) is 18.5 Å². The van der Waals surface area contributed by atoms with Crippen molar-refractivity contribution in [3.63, 3.8) is 0 Å². The van der Waals surface area contributed by atoms with Gasteiger partial charge < -0.3 is 9.47 Å². The minimum atomic E-state index is -4.92. The van der Waals surface area contributed by atoms with Crippen LogP contribution in [0.3, 0.4) is 0 Å². The first-order valence-corrected chi connectivity index (χ1v) is 14.9. The van der Waals surface area contributed by atoms with E-state index in [4.69, 9.17) is 4.74 Å². The lowest BCUT2D eigenvalue weighted by Gasteiger charge is -2.38. The quantitative estimate of drug-likeness (QED) is 0.194. The Balaban J connectivity index is 1.17. The van der Waals surface area contributed by atoms with E-state index in [0.717, 1.165) is 75.5 Å². The van der Waals surface area contributed by atoms with Gasteiger partial charge >= 0.3 is 12.5 Å². The summed E-state index contributed by atoms with van der Waals surface area (Å²) in [6, 6.07) is 10.1. The van der Waals surface area contributed by atoms with E-state index in [9.17, 15) is 26.3 Å². The number of aryl methyl sites for hydroxylation is 1. The number of rotatable bonds is 11. The van der Waals surface area contributed by atoms with Crippen LogP contribution in [0, 0.1) is 23.6 Å². The van der Waals surface area contributed by atoms with Crippen LogP contribution >= 0.6 is 0 Å². The zero-order chi connectivity index (χ0) is 29.5. The summed E-state index contributed by atoms with van der Waals surface area (Å²) in [5.41, 5.74) is 1.55. The molecule has 2 aromatic rings. The number of allylic oxidation sites excluding steroid dienone is 2. The van der Waals surface area contributed by atoms with Crippen molar-refractivity contribution >= 4 is 0 Å². The summed E-state index contributed by atoms with van der Waals surface area (Å²) in [4.78, 5) is 0. The molecule has 2 fully saturated rings. The van der Waals surface area contributed by atoms with E-state index in [0.29, 0.717) is 42.6 Å². The van der Waals surface area contributed by atoms with Crippen LogP contribution in [0.1, 0.15) is 87.8 Å². The van der Waals surface area contributed by atoms with E-state index < -0.39 is 30.1 Å². The van der Waals surface area contributed by atoms with E-state index in [-0.39, 0.29) is 5.56 Å². The van der Waals surface area contributed by atoms with Gasteiger partial charge in [0.25, 0.3) is 0 Å². The Kier molecular flexibility index (Phi) is 10.8. The Bertz CT molecular complexity index is 1110. The number of hydrogen-bond acceptors (Lipinski definition) is 2. The van der Waals surface area contributed by atoms with Crippen molar-refractivity contribution in [3.05, 3.63) is 77.1 Å². The molecule has 2 nitrogen and oxygen atoms in total. The predicted molar refractivity (Wildman–Crippen MR) is 147 cm³/mol. The number of hydrogen-bond donors (Lipinski definition) is 0. The Hall–Kier alpha value is -2.48. The number of ether oxygens (including phenoxy) is 2. The summed E-state index contributed by atoms with van der Waals surface area (Å²) >= 11 is 0. The van der Waals surface area contributed by atoms with E-state index in [2.05, 4.69) is 17.7 Å². The van der Waals surface area contributed by atoms with Gasteiger partial charge in [0, 0.05) is 0 Å². The molecule has 0 aliphatic heterocycles. The minimum absolute atomic E-state index is 0.102. The first-order valence-electron chi connectivity index (χ1n) is 14.9. The lowest BCUT2D eigenvalue weighted by atomic mass is 9.70. The molecule has 0 unspecified atom stereocenters. The van der Waals surface area contributed by atoms with Crippen LogP contribution in [0.5, 0.6) is 5.75 Å². The molecule has 41 heavy (non-hydrogen) atoms. The summed E-state index contributed by atoms with van der Waals surface area (Å²) in [5.74, 6) is -0.217. The van der Waals surface area contributed by atoms with E-state index in [1.807, 2.05) is 6.08 Å². The SMILES string of the molecule is CC/C=C\Cc1ccc(C(F)(F)OC2CCC(C3CCC(CCc4ccc(OC(F)(F)F)c(F)c4)CC3)CC2)cc1. The van der Waals surface area contributed by atoms with Gasteiger partial charge in [-0.05, 0) is 105 Å². The van der Waals surface area contributed by atoms with Crippen LogP contribution in [0.15, 0.2) is 54.6 Å². The van der Waals surface area contributed by atoms with Gasteiger partial charge in [-0.3, -0.25) is 0 Å². The van der Waals surface area contributed by atoms with Crippen LogP contribution in [-0.2, 0) is 23.7 Å². The molecule has 0 aromatic heterocycles. The second-order valence-electron chi connectivity index (χ2n) is 11.6. The third-order valence-corrected chi connectivity index (χ3v) is 8.70. The van der Waals surface area contributed by atoms with Gasteiger partial charge in [-0.25, -0.2) is 4.39 Å². The Morgan fingerprint density at radius 2 is 1.39 bits per heavy atom. The van der Waals surface area contributed by atoms with Crippen LogP contribution in [0.4, 0.5) is 26.3 Å². The second kappa shape index (κ2) is 14.1. The maximum absolute atomic E-state index is 14.9. The van der Waals surface area contributed by atoms with Gasteiger partial charge in [0.15, 0.2) is 11.6 Å². The maximum atomic E-state index is 14.9. The molecule has 0 N–H and O–H groups in total. The molecule has 2 aliphatic carbocycles. The molecule has 8 heteroatoms. The number of alkyl halides is 5. The van der Waals surface area contributed by atoms with Gasteiger partial charge in [-0.1, -0.05) is 62.2 Å². The second-order valence-corrected chi connectivity index (χ2v) is 11.6. The molecule has 0 saturated heterocycles. The number of halogens is 6. The van der Waals surface area contributed by atoms with Gasteiger partial charge in [0.1, 0.15) is 0 Å². The summed E-state index contributed by atoms with van der Waals surface area (Å²) in [6.07, 6.45) is 5.92. The summed E-state index contributed by atoms with van der Waals surface area (Å²) < 4.78 is 89.8.